The monoisotopic (exact) mass is 509 g/mol. The average Bonchev–Trinajstić information content (AvgIpc) is 2.93. The van der Waals surface area contributed by atoms with Crippen molar-refractivity contribution in [3.05, 3.63) is 48.3 Å². The van der Waals surface area contributed by atoms with E-state index in [0.29, 0.717) is 28.4 Å². The molecule has 0 unspecified atom stereocenters. The highest BCUT2D eigenvalue weighted by atomic mass is 16.5. The van der Waals surface area contributed by atoms with Gasteiger partial charge in [0.1, 0.15) is 29.5 Å². The number of aromatic nitrogens is 2. The molecule has 0 saturated carbocycles. The van der Waals surface area contributed by atoms with Crippen molar-refractivity contribution >= 4 is 23.3 Å². The molecule has 1 amide bonds. The van der Waals surface area contributed by atoms with Crippen molar-refractivity contribution in [2.24, 2.45) is 0 Å². The number of hydrogen-bond acceptors (Lipinski definition) is 9. The van der Waals surface area contributed by atoms with Gasteiger partial charge in [0.25, 0.3) is 0 Å². The number of carbonyl (C=O) groups excluding carboxylic acids is 1. The molecule has 10 nitrogen and oxygen atoms in total. The zero-order valence-corrected chi connectivity index (χ0v) is 22.0. The Morgan fingerprint density at radius 3 is 2.35 bits per heavy atom. The Kier molecular flexibility index (Phi) is 10.7. The van der Waals surface area contributed by atoms with Gasteiger partial charge in [-0.15, -0.1) is 0 Å². The molecule has 3 rings (SSSR count). The minimum atomic E-state index is 0.0300. The Hall–Kier alpha value is -3.66. The first-order chi connectivity index (χ1) is 18.0. The number of piperazine rings is 1. The summed E-state index contributed by atoms with van der Waals surface area (Å²) in [5.74, 6) is 2.01. The molecule has 4 N–H and O–H groups in total. The molecule has 200 valence electrons. The van der Waals surface area contributed by atoms with Crippen molar-refractivity contribution in [3.8, 4) is 11.5 Å². The van der Waals surface area contributed by atoms with Crippen molar-refractivity contribution in [1.82, 2.24) is 19.8 Å². The summed E-state index contributed by atoms with van der Waals surface area (Å²) in [6, 6.07) is 5.29. The maximum absolute atomic E-state index is 11.7. The molecule has 2 aromatic rings. The molecule has 1 saturated heterocycles. The van der Waals surface area contributed by atoms with Gasteiger partial charge < -0.3 is 25.4 Å². The fraction of sp³-hybridized carbons (Fsp3) is 0.481. The van der Waals surface area contributed by atoms with Gasteiger partial charge in [0.2, 0.25) is 5.91 Å². The normalized spacial score (nSPS) is 13.7. The molecule has 0 spiro atoms. The van der Waals surface area contributed by atoms with Crippen LogP contribution in [-0.2, 0) is 4.79 Å². The van der Waals surface area contributed by atoms with Gasteiger partial charge in [-0.1, -0.05) is 25.8 Å². The third kappa shape index (κ3) is 7.91. The Morgan fingerprint density at radius 1 is 1.05 bits per heavy atom. The Labute approximate surface area is 219 Å². The van der Waals surface area contributed by atoms with Crippen LogP contribution in [0.2, 0.25) is 0 Å². The number of hydrogen-bond donors (Lipinski definition) is 3. The van der Waals surface area contributed by atoms with Crippen molar-refractivity contribution in [2.45, 2.75) is 32.1 Å². The van der Waals surface area contributed by atoms with E-state index in [1.165, 1.54) is 18.8 Å². The molecule has 0 atom stereocenters. The van der Waals surface area contributed by atoms with Crippen LogP contribution in [0, 0.1) is 5.41 Å². The Balaban J connectivity index is 1.42. The predicted molar refractivity (Wildman–Crippen MR) is 147 cm³/mol. The number of unbranched alkanes of at least 4 members (excludes halogenated alkanes) is 4. The zero-order valence-electron chi connectivity index (χ0n) is 22.0. The largest absolute Gasteiger partial charge is 0.497 e. The molecule has 0 bridgehead atoms. The van der Waals surface area contributed by atoms with Gasteiger partial charge in [0, 0.05) is 44.4 Å². The summed E-state index contributed by atoms with van der Waals surface area (Å²) in [4.78, 5) is 24.4. The third-order valence-electron chi connectivity index (χ3n) is 6.57. The van der Waals surface area contributed by atoms with Crippen LogP contribution in [-0.4, -0.2) is 84.9 Å². The van der Waals surface area contributed by atoms with E-state index in [1.807, 2.05) is 4.90 Å². The van der Waals surface area contributed by atoms with Gasteiger partial charge in [-0.2, -0.15) is 0 Å². The highest BCUT2D eigenvalue weighted by Crippen LogP contribution is 2.27. The second-order valence-corrected chi connectivity index (χ2v) is 9.02. The second-order valence-electron chi connectivity index (χ2n) is 9.02. The summed E-state index contributed by atoms with van der Waals surface area (Å²) >= 11 is 0. The summed E-state index contributed by atoms with van der Waals surface area (Å²) < 4.78 is 10.7. The quantitative estimate of drug-likeness (QED) is 0.201. The summed E-state index contributed by atoms with van der Waals surface area (Å²) in [6.45, 7) is 8.82. The number of benzene rings is 1. The number of ether oxygens (including phenoxy) is 2. The molecule has 1 fully saturated rings. The lowest BCUT2D eigenvalue weighted by molar-refractivity contribution is -0.127. The van der Waals surface area contributed by atoms with E-state index in [4.69, 9.17) is 20.6 Å². The average molecular weight is 510 g/mol. The lowest BCUT2D eigenvalue weighted by atomic mass is 10.0. The summed E-state index contributed by atoms with van der Waals surface area (Å²) in [5.41, 5.74) is 7.43. The Morgan fingerprint density at radius 2 is 1.70 bits per heavy atom. The SMILES string of the molecule is C=CC(=O)N1CCN(CCCCCCCNc2ncnc(N)c2C(=N)c2cc(OC)cc(OC)c2)CC1. The van der Waals surface area contributed by atoms with Crippen LogP contribution >= 0.6 is 0 Å². The number of nitrogen functional groups attached to an aromatic ring is 1. The second kappa shape index (κ2) is 14.2. The van der Waals surface area contributed by atoms with Gasteiger partial charge in [-0.05, 0) is 37.6 Å². The summed E-state index contributed by atoms with van der Waals surface area (Å²) in [5, 5.41) is 12.1. The summed E-state index contributed by atoms with van der Waals surface area (Å²) in [7, 11) is 3.15. The molecule has 10 heteroatoms. The van der Waals surface area contributed by atoms with E-state index in [9.17, 15) is 4.79 Å². The van der Waals surface area contributed by atoms with Gasteiger partial charge in [-0.25, -0.2) is 9.97 Å². The fourth-order valence-corrected chi connectivity index (χ4v) is 4.39. The molecule has 1 aliphatic heterocycles. The minimum absolute atomic E-state index is 0.0300. The topological polar surface area (TPSA) is 130 Å². The molecule has 1 aliphatic rings. The van der Waals surface area contributed by atoms with Crippen molar-refractivity contribution in [1.29, 1.82) is 5.41 Å². The van der Waals surface area contributed by atoms with Crippen LogP contribution in [0.25, 0.3) is 0 Å². The number of anilines is 2. The molecule has 0 aliphatic carbocycles. The van der Waals surface area contributed by atoms with E-state index in [-0.39, 0.29) is 17.4 Å². The third-order valence-corrected chi connectivity index (χ3v) is 6.57. The number of carbonyl (C=O) groups is 1. The standard InChI is InChI=1S/C27H39N7O3/c1-4-23(35)34-14-12-33(13-15-34)11-9-7-5-6-8-10-30-27-24(26(29)31-19-32-27)25(28)20-16-21(36-2)18-22(17-20)37-3/h4,16-19,28H,1,5-15H2,2-3H3,(H3,29,30,31,32). The molecular weight excluding hydrogens is 470 g/mol. The van der Waals surface area contributed by atoms with Crippen LogP contribution in [0.5, 0.6) is 11.5 Å². The lowest BCUT2D eigenvalue weighted by Crippen LogP contribution is -2.48. The molecular formula is C27H39N7O3. The first-order valence-corrected chi connectivity index (χ1v) is 12.8. The van der Waals surface area contributed by atoms with Crippen LogP contribution in [0.1, 0.15) is 43.2 Å². The predicted octanol–water partition coefficient (Wildman–Crippen LogP) is 3.18. The van der Waals surface area contributed by atoms with Crippen LogP contribution in [0.3, 0.4) is 0 Å². The number of nitrogens with two attached hydrogens (primary N) is 1. The smallest absolute Gasteiger partial charge is 0.246 e. The number of nitrogens with zero attached hydrogens (tertiary/aromatic N) is 4. The molecule has 1 aromatic carbocycles. The van der Waals surface area contributed by atoms with Crippen molar-refractivity contribution < 1.29 is 14.3 Å². The van der Waals surface area contributed by atoms with Gasteiger partial charge in [-0.3, -0.25) is 15.1 Å². The highest BCUT2D eigenvalue weighted by molar-refractivity contribution is 6.16. The number of rotatable bonds is 14. The first-order valence-electron chi connectivity index (χ1n) is 12.8. The van der Waals surface area contributed by atoms with Gasteiger partial charge in [0.05, 0.1) is 25.5 Å². The minimum Gasteiger partial charge on any atom is -0.497 e. The highest BCUT2D eigenvalue weighted by Gasteiger charge is 2.19. The molecule has 2 heterocycles. The number of nitrogens with one attached hydrogen (secondary N) is 2. The molecule has 37 heavy (non-hydrogen) atoms. The summed E-state index contributed by atoms with van der Waals surface area (Å²) in [6.07, 6.45) is 8.41. The van der Waals surface area contributed by atoms with Gasteiger partial charge in [0.15, 0.2) is 0 Å². The zero-order chi connectivity index (χ0) is 26.6. The van der Waals surface area contributed by atoms with Gasteiger partial charge >= 0.3 is 0 Å². The number of amides is 1. The van der Waals surface area contributed by atoms with E-state index in [2.05, 4.69) is 26.8 Å². The Bertz CT molecular complexity index is 1050. The lowest BCUT2D eigenvalue weighted by Gasteiger charge is -2.34. The van der Waals surface area contributed by atoms with E-state index < -0.39 is 0 Å². The van der Waals surface area contributed by atoms with Crippen LogP contribution in [0.15, 0.2) is 37.2 Å². The van der Waals surface area contributed by atoms with Crippen molar-refractivity contribution in [3.63, 3.8) is 0 Å². The molecule has 0 radical (unpaired) electrons. The van der Waals surface area contributed by atoms with Crippen LogP contribution < -0.4 is 20.5 Å². The number of methoxy groups -OCH3 is 2. The van der Waals surface area contributed by atoms with E-state index in [0.717, 1.165) is 65.0 Å². The van der Waals surface area contributed by atoms with E-state index in [1.54, 1.807) is 32.4 Å². The maximum atomic E-state index is 11.7. The first kappa shape index (κ1) is 27.9. The van der Waals surface area contributed by atoms with Crippen LogP contribution in [0.4, 0.5) is 11.6 Å². The van der Waals surface area contributed by atoms with Crippen molar-refractivity contribution in [2.75, 3.05) is 64.5 Å². The fourth-order valence-electron chi connectivity index (χ4n) is 4.39. The molecule has 1 aromatic heterocycles. The maximum Gasteiger partial charge on any atom is 0.246 e. The van der Waals surface area contributed by atoms with E-state index >= 15 is 0 Å².